The molecular formula is C21H25F2N7. The van der Waals surface area contributed by atoms with Crippen LogP contribution in [0.4, 0.5) is 26.2 Å². The second-order valence-electron chi connectivity index (χ2n) is 7.58. The van der Waals surface area contributed by atoms with Gasteiger partial charge in [-0.2, -0.15) is 5.10 Å². The fourth-order valence-electron chi connectivity index (χ4n) is 3.73. The maximum Gasteiger partial charge on any atom is 0.153 e. The number of aromatic nitrogens is 4. The third-order valence-electron chi connectivity index (χ3n) is 5.26. The van der Waals surface area contributed by atoms with Crippen molar-refractivity contribution in [3.63, 3.8) is 0 Å². The predicted molar refractivity (Wildman–Crippen MR) is 112 cm³/mol. The molecule has 9 heteroatoms. The predicted octanol–water partition coefficient (Wildman–Crippen LogP) is 4.17. The zero-order valence-electron chi connectivity index (χ0n) is 17.0. The molecule has 3 heterocycles. The zero-order chi connectivity index (χ0) is 21.1. The maximum absolute atomic E-state index is 14.1. The molecule has 1 fully saturated rings. The Morgan fingerprint density at radius 2 is 1.80 bits per heavy atom. The molecule has 0 saturated carbocycles. The first-order chi connectivity index (χ1) is 14.5. The summed E-state index contributed by atoms with van der Waals surface area (Å²) in [5, 5.41) is 17.2. The van der Waals surface area contributed by atoms with Gasteiger partial charge in [-0.15, -0.1) is 0 Å². The lowest BCUT2D eigenvalue weighted by Gasteiger charge is -2.20. The summed E-state index contributed by atoms with van der Waals surface area (Å²) < 4.78 is 27.2. The van der Waals surface area contributed by atoms with Crippen LogP contribution in [-0.4, -0.2) is 33.3 Å². The lowest BCUT2D eigenvalue weighted by molar-refractivity contribution is 0.453. The molecule has 0 bridgehead atoms. The number of hydrogen-bond acceptors (Lipinski definition) is 6. The van der Waals surface area contributed by atoms with Gasteiger partial charge in [0, 0.05) is 35.4 Å². The number of H-pyrrole nitrogens is 1. The molecule has 4 N–H and O–H groups in total. The van der Waals surface area contributed by atoms with E-state index < -0.39 is 17.7 Å². The van der Waals surface area contributed by atoms with Crippen molar-refractivity contribution in [1.29, 1.82) is 0 Å². The van der Waals surface area contributed by atoms with Crippen molar-refractivity contribution in [3.8, 4) is 0 Å². The highest BCUT2D eigenvalue weighted by Crippen LogP contribution is 2.27. The molecule has 1 saturated heterocycles. The Labute approximate surface area is 173 Å². The van der Waals surface area contributed by atoms with Crippen LogP contribution in [0.3, 0.4) is 0 Å². The van der Waals surface area contributed by atoms with Crippen LogP contribution in [-0.2, 0) is 0 Å². The fraction of sp³-hybridized carbons (Fsp3) is 0.381. The summed E-state index contributed by atoms with van der Waals surface area (Å²) in [5.74, 6) is 1.64. The van der Waals surface area contributed by atoms with Gasteiger partial charge >= 0.3 is 0 Å². The summed E-state index contributed by atoms with van der Waals surface area (Å²) in [4.78, 5) is 8.78. The normalized spacial score (nSPS) is 15.7. The molecule has 2 aromatic heterocycles. The Bertz CT molecular complexity index is 1010. The fourth-order valence-corrected chi connectivity index (χ4v) is 3.73. The van der Waals surface area contributed by atoms with Gasteiger partial charge in [0.2, 0.25) is 0 Å². The van der Waals surface area contributed by atoms with Crippen molar-refractivity contribution < 1.29 is 8.78 Å². The van der Waals surface area contributed by atoms with Gasteiger partial charge in [-0.05, 0) is 45.8 Å². The van der Waals surface area contributed by atoms with E-state index in [0.717, 1.165) is 37.7 Å². The summed E-state index contributed by atoms with van der Waals surface area (Å²) >= 11 is 0. The first-order valence-electron chi connectivity index (χ1n) is 10.1. The molecule has 1 aliphatic heterocycles. The number of nitrogens with one attached hydrogen (secondary N) is 4. The van der Waals surface area contributed by atoms with E-state index in [0.29, 0.717) is 34.8 Å². The number of nitrogens with zero attached hydrogens (tertiary/aromatic N) is 3. The van der Waals surface area contributed by atoms with Gasteiger partial charge in [-0.25, -0.2) is 18.7 Å². The first kappa shape index (κ1) is 20.2. The molecule has 1 unspecified atom stereocenters. The Kier molecular flexibility index (Phi) is 5.89. The topological polar surface area (TPSA) is 90.5 Å². The SMILES string of the molecule is Cc1nc(Nc2cc(C3CCNCC3)[nH]n2)cc(NC(C)c2ccc(F)cc2F)n1. The minimum Gasteiger partial charge on any atom is -0.363 e. The van der Waals surface area contributed by atoms with Crippen molar-refractivity contribution in [2.45, 2.75) is 38.6 Å². The molecule has 7 nitrogen and oxygen atoms in total. The summed E-state index contributed by atoms with van der Waals surface area (Å²) in [6.07, 6.45) is 2.17. The minimum absolute atomic E-state index is 0.362. The number of hydrogen-bond donors (Lipinski definition) is 4. The third-order valence-corrected chi connectivity index (χ3v) is 5.26. The van der Waals surface area contributed by atoms with Crippen molar-refractivity contribution in [3.05, 3.63) is 59.0 Å². The van der Waals surface area contributed by atoms with Gasteiger partial charge in [0.15, 0.2) is 5.82 Å². The first-order valence-corrected chi connectivity index (χ1v) is 10.1. The molecule has 4 rings (SSSR count). The Hall–Kier alpha value is -3.07. The molecule has 30 heavy (non-hydrogen) atoms. The number of piperidine rings is 1. The quantitative estimate of drug-likeness (QED) is 0.485. The molecule has 1 aliphatic rings. The monoisotopic (exact) mass is 413 g/mol. The van der Waals surface area contributed by atoms with E-state index in [-0.39, 0.29) is 0 Å². The highest BCUT2D eigenvalue weighted by atomic mass is 19.1. The van der Waals surface area contributed by atoms with E-state index in [1.165, 1.54) is 12.1 Å². The smallest absolute Gasteiger partial charge is 0.153 e. The second-order valence-corrected chi connectivity index (χ2v) is 7.58. The van der Waals surface area contributed by atoms with Crippen LogP contribution in [0.25, 0.3) is 0 Å². The van der Waals surface area contributed by atoms with Gasteiger partial charge in [0.25, 0.3) is 0 Å². The van der Waals surface area contributed by atoms with Crippen LogP contribution >= 0.6 is 0 Å². The van der Waals surface area contributed by atoms with Crippen molar-refractivity contribution >= 4 is 17.5 Å². The van der Waals surface area contributed by atoms with Crippen LogP contribution < -0.4 is 16.0 Å². The van der Waals surface area contributed by atoms with Crippen LogP contribution in [0.5, 0.6) is 0 Å². The van der Waals surface area contributed by atoms with Crippen LogP contribution in [0, 0.1) is 18.6 Å². The molecule has 0 aliphatic carbocycles. The molecule has 1 aromatic carbocycles. The summed E-state index contributed by atoms with van der Waals surface area (Å²) in [5.41, 5.74) is 1.48. The zero-order valence-corrected chi connectivity index (χ0v) is 17.0. The number of aryl methyl sites for hydroxylation is 1. The average Bonchev–Trinajstić information content (AvgIpc) is 3.16. The summed E-state index contributed by atoms with van der Waals surface area (Å²) in [6.45, 7) is 5.60. The van der Waals surface area contributed by atoms with Crippen LogP contribution in [0.2, 0.25) is 0 Å². The highest BCUT2D eigenvalue weighted by Gasteiger charge is 2.18. The largest absolute Gasteiger partial charge is 0.363 e. The number of aromatic amines is 1. The maximum atomic E-state index is 14.1. The molecular weight excluding hydrogens is 388 g/mol. The lowest BCUT2D eigenvalue weighted by atomic mass is 9.95. The molecule has 0 radical (unpaired) electrons. The van der Waals surface area contributed by atoms with Gasteiger partial charge in [-0.1, -0.05) is 6.07 Å². The Morgan fingerprint density at radius 1 is 1.03 bits per heavy atom. The molecule has 3 aromatic rings. The van der Waals surface area contributed by atoms with Crippen molar-refractivity contribution in [1.82, 2.24) is 25.5 Å². The van der Waals surface area contributed by atoms with E-state index in [1.807, 2.05) is 6.07 Å². The number of benzene rings is 1. The van der Waals surface area contributed by atoms with E-state index in [9.17, 15) is 8.78 Å². The van der Waals surface area contributed by atoms with Crippen LogP contribution in [0.15, 0.2) is 30.3 Å². The molecule has 0 amide bonds. The van der Waals surface area contributed by atoms with Gasteiger partial charge in [0.1, 0.15) is 29.1 Å². The van der Waals surface area contributed by atoms with Gasteiger partial charge in [0.05, 0.1) is 6.04 Å². The van der Waals surface area contributed by atoms with Gasteiger partial charge in [-0.3, -0.25) is 5.10 Å². The molecule has 158 valence electrons. The number of rotatable bonds is 6. The Balaban J connectivity index is 1.47. The van der Waals surface area contributed by atoms with E-state index in [1.54, 1.807) is 19.9 Å². The minimum atomic E-state index is -0.601. The summed E-state index contributed by atoms with van der Waals surface area (Å²) in [7, 11) is 0. The summed E-state index contributed by atoms with van der Waals surface area (Å²) in [6, 6.07) is 6.91. The lowest BCUT2D eigenvalue weighted by Crippen LogP contribution is -2.26. The number of anilines is 3. The van der Waals surface area contributed by atoms with Crippen molar-refractivity contribution in [2.75, 3.05) is 23.7 Å². The second kappa shape index (κ2) is 8.74. The standard InChI is InChI=1S/C21H25F2N7/c1-12(16-4-3-15(22)9-17(16)23)25-19-11-20(27-13(2)26-19)28-21-10-18(29-30-21)14-5-7-24-8-6-14/h3-4,9-12,14,24H,5-8H2,1-2H3,(H3,25,26,27,28,29,30). The van der Waals surface area contributed by atoms with Crippen LogP contribution in [0.1, 0.15) is 48.8 Å². The average molecular weight is 413 g/mol. The van der Waals surface area contributed by atoms with E-state index >= 15 is 0 Å². The highest BCUT2D eigenvalue weighted by molar-refractivity contribution is 5.57. The van der Waals surface area contributed by atoms with E-state index in [4.69, 9.17) is 0 Å². The third kappa shape index (κ3) is 4.73. The molecule has 0 spiro atoms. The van der Waals surface area contributed by atoms with E-state index in [2.05, 4.69) is 36.1 Å². The van der Waals surface area contributed by atoms with Gasteiger partial charge < -0.3 is 16.0 Å². The van der Waals surface area contributed by atoms with Crippen molar-refractivity contribution in [2.24, 2.45) is 0 Å². The molecule has 1 atom stereocenters. The number of halogens is 2. The Morgan fingerprint density at radius 3 is 2.57 bits per heavy atom.